The van der Waals surface area contributed by atoms with Crippen LogP contribution in [-0.2, 0) is 19.2 Å². The van der Waals surface area contributed by atoms with E-state index in [9.17, 15) is 19.2 Å². The van der Waals surface area contributed by atoms with E-state index in [4.69, 9.17) is 15.9 Å². The fraction of sp³-hybridized carbons (Fsp3) is 0.267. The molecule has 142 valence electrons. The van der Waals surface area contributed by atoms with Crippen molar-refractivity contribution in [3.63, 3.8) is 0 Å². The first-order valence-electron chi connectivity index (χ1n) is 7.60. The minimum absolute atomic E-state index is 0.108. The van der Waals surface area contributed by atoms with Crippen LogP contribution in [0.25, 0.3) is 0 Å². The van der Waals surface area contributed by atoms with Crippen molar-refractivity contribution in [2.24, 2.45) is 0 Å². The molecule has 3 heterocycles. The average molecular weight is 410 g/mol. The lowest BCUT2D eigenvalue weighted by Gasteiger charge is -2.48. The molecule has 10 nitrogen and oxygen atoms in total. The number of thiazole rings is 1. The molecule has 2 aliphatic rings. The van der Waals surface area contributed by atoms with Gasteiger partial charge in [-0.05, 0) is 6.08 Å². The number of thioether (sulfide) groups is 1. The molecule has 1 saturated heterocycles. The van der Waals surface area contributed by atoms with Crippen LogP contribution in [0.1, 0.15) is 11.6 Å². The maximum Gasteiger partial charge on any atom is 0.352 e. The molecule has 0 spiro atoms. The number of amides is 2. The van der Waals surface area contributed by atoms with Crippen LogP contribution in [0.15, 0.2) is 29.3 Å². The summed E-state index contributed by atoms with van der Waals surface area (Å²) in [4.78, 5) is 52.1. The molecule has 2 aliphatic heterocycles. The number of anilines is 1. The Bertz CT molecular complexity index is 879. The van der Waals surface area contributed by atoms with E-state index < -0.39 is 41.1 Å². The SMILES string of the molecule is Nc1nc(C(/C=C/C(=O)O)C(=O)N[C@@H]2C(=O)N3C(C(=O)O)=CCS[C@H]23)cs1. The largest absolute Gasteiger partial charge is 0.478 e. The number of hydrogen-bond donors (Lipinski definition) is 4. The number of aliphatic carboxylic acids is 2. The minimum atomic E-state index is -1.24. The molecule has 2 amide bonds. The van der Waals surface area contributed by atoms with Crippen LogP contribution in [0.3, 0.4) is 0 Å². The summed E-state index contributed by atoms with van der Waals surface area (Å²) in [5.74, 6) is -4.25. The monoisotopic (exact) mass is 410 g/mol. The van der Waals surface area contributed by atoms with Crippen molar-refractivity contribution in [1.82, 2.24) is 15.2 Å². The molecule has 5 N–H and O–H groups in total. The smallest absolute Gasteiger partial charge is 0.352 e. The van der Waals surface area contributed by atoms with Crippen LogP contribution in [0, 0.1) is 0 Å². The highest BCUT2D eigenvalue weighted by atomic mass is 32.2. The first kappa shape index (κ1) is 18.9. The molecule has 0 radical (unpaired) electrons. The van der Waals surface area contributed by atoms with Gasteiger partial charge in [-0.1, -0.05) is 6.08 Å². The fourth-order valence-corrected chi connectivity index (χ4v) is 4.52. The van der Waals surface area contributed by atoms with Gasteiger partial charge < -0.3 is 21.3 Å². The molecule has 27 heavy (non-hydrogen) atoms. The zero-order valence-corrected chi connectivity index (χ0v) is 15.2. The summed E-state index contributed by atoms with van der Waals surface area (Å²) in [6, 6.07) is -0.901. The lowest BCUT2D eigenvalue weighted by atomic mass is 10.0. The van der Waals surface area contributed by atoms with E-state index in [1.807, 2.05) is 0 Å². The number of carbonyl (C=O) groups excluding carboxylic acids is 2. The summed E-state index contributed by atoms with van der Waals surface area (Å²) in [6.07, 6.45) is 3.41. The predicted molar refractivity (Wildman–Crippen MR) is 96.8 cm³/mol. The second kappa shape index (κ2) is 7.40. The quantitative estimate of drug-likeness (QED) is 0.368. The van der Waals surface area contributed by atoms with E-state index >= 15 is 0 Å². The van der Waals surface area contributed by atoms with Crippen LogP contribution in [0.4, 0.5) is 5.13 Å². The van der Waals surface area contributed by atoms with E-state index in [2.05, 4.69) is 10.3 Å². The molecule has 3 rings (SSSR count). The second-order valence-electron chi connectivity index (χ2n) is 5.60. The molecular formula is C15H14N4O6S2. The lowest BCUT2D eigenvalue weighted by Crippen LogP contribution is -2.70. The number of aromatic nitrogens is 1. The van der Waals surface area contributed by atoms with Crippen LogP contribution in [0.5, 0.6) is 0 Å². The standard InChI is InChI=1S/C15H14N4O6S2/c16-15-17-7(5-27-15)6(1-2-9(20)21)11(22)18-10-12(23)19-8(14(24)25)3-4-26-13(10)19/h1-3,5-6,10,13H,4H2,(H2,16,17)(H,18,22)(H,20,21)(H,24,25)/b2-1+/t6?,10-,13-/m1/s1. The summed E-state index contributed by atoms with van der Waals surface area (Å²) < 4.78 is 0. The molecule has 1 aromatic rings. The Morgan fingerprint density at radius 1 is 1.41 bits per heavy atom. The third kappa shape index (κ3) is 3.66. The van der Waals surface area contributed by atoms with Crippen LogP contribution in [-0.4, -0.2) is 61.0 Å². The highest BCUT2D eigenvalue weighted by molar-refractivity contribution is 8.00. The highest BCUT2D eigenvalue weighted by Gasteiger charge is 2.53. The van der Waals surface area contributed by atoms with Gasteiger partial charge in [0.1, 0.15) is 17.1 Å². The van der Waals surface area contributed by atoms with Crippen molar-refractivity contribution < 1.29 is 29.4 Å². The molecule has 0 saturated carbocycles. The van der Waals surface area contributed by atoms with E-state index in [1.165, 1.54) is 23.2 Å². The van der Waals surface area contributed by atoms with Gasteiger partial charge in [-0.2, -0.15) is 0 Å². The maximum atomic E-state index is 12.7. The normalized spacial score (nSPS) is 22.6. The van der Waals surface area contributed by atoms with E-state index in [0.29, 0.717) is 5.75 Å². The van der Waals surface area contributed by atoms with Crippen molar-refractivity contribution in [2.75, 3.05) is 11.5 Å². The number of rotatable bonds is 6. The van der Waals surface area contributed by atoms with Gasteiger partial charge >= 0.3 is 11.9 Å². The summed E-state index contributed by atoms with van der Waals surface area (Å²) in [7, 11) is 0. The molecule has 3 atom stereocenters. The Morgan fingerprint density at radius 2 is 2.15 bits per heavy atom. The van der Waals surface area contributed by atoms with Crippen molar-refractivity contribution in [3.8, 4) is 0 Å². The van der Waals surface area contributed by atoms with Gasteiger partial charge in [0.25, 0.3) is 5.91 Å². The first-order valence-corrected chi connectivity index (χ1v) is 9.53. The van der Waals surface area contributed by atoms with Crippen molar-refractivity contribution >= 4 is 52.0 Å². The zero-order chi connectivity index (χ0) is 19.7. The summed E-state index contributed by atoms with van der Waals surface area (Å²) in [5.41, 5.74) is 5.73. The Balaban J connectivity index is 1.77. The predicted octanol–water partition coefficient (Wildman–Crippen LogP) is -0.182. The second-order valence-corrected chi connectivity index (χ2v) is 7.64. The molecular weight excluding hydrogens is 396 g/mol. The van der Waals surface area contributed by atoms with Crippen molar-refractivity contribution in [2.45, 2.75) is 17.3 Å². The molecule has 0 bridgehead atoms. The minimum Gasteiger partial charge on any atom is -0.478 e. The number of carboxylic acid groups (broad SMARTS) is 2. The Hall–Kier alpha value is -2.86. The molecule has 12 heteroatoms. The molecule has 1 unspecified atom stereocenters. The van der Waals surface area contributed by atoms with Gasteiger partial charge in [0.05, 0.1) is 11.6 Å². The van der Waals surface area contributed by atoms with E-state index in [0.717, 1.165) is 28.4 Å². The topological polar surface area (TPSA) is 163 Å². The number of nitrogens with two attached hydrogens (primary N) is 1. The molecule has 1 fully saturated rings. The maximum absolute atomic E-state index is 12.7. The molecule has 0 aromatic carbocycles. The average Bonchev–Trinajstić information content (AvgIpc) is 3.04. The molecule has 1 aromatic heterocycles. The number of nitrogen functional groups attached to an aromatic ring is 1. The number of hydrogen-bond acceptors (Lipinski definition) is 8. The summed E-state index contributed by atoms with van der Waals surface area (Å²) in [6.45, 7) is 0. The highest BCUT2D eigenvalue weighted by Crippen LogP contribution is 2.37. The van der Waals surface area contributed by atoms with Crippen LogP contribution in [0.2, 0.25) is 0 Å². The van der Waals surface area contributed by atoms with Gasteiger partial charge in [-0.25, -0.2) is 14.6 Å². The number of carbonyl (C=O) groups is 4. The van der Waals surface area contributed by atoms with Gasteiger partial charge in [0.15, 0.2) is 5.13 Å². The Morgan fingerprint density at radius 3 is 2.74 bits per heavy atom. The summed E-state index contributed by atoms with van der Waals surface area (Å²) in [5, 5.41) is 21.8. The number of nitrogens with one attached hydrogen (secondary N) is 1. The van der Waals surface area contributed by atoms with Crippen LogP contribution < -0.4 is 11.1 Å². The number of carboxylic acids is 2. The lowest BCUT2D eigenvalue weighted by molar-refractivity contribution is -0.150. The van der Waals surface area contributed by atoms with Gasteiger partial charge in [-0.15, -0.1) is 23.1 Å². The third-order valence-electron chi connectivity index (χ3n) is 3.94. The zero-order valence-electron chi connectivity index (χ0n) is 13.6. The third-order valence-corrected chi connectivity index (χ3v) is 5.81. The fourth-order valence-electron chi connectivity index (χ4n) is 2.72. The Kier molecular flexibility index (Phi) is 5.19. The van der Waals surface area contributed by atoms with Gasteiger partial charge in [0.2, 0.25) is 5.91 Å². The van der Waals surface area contributed by atoms with Crippen molar-refractivity contribution in [1.29, 1.82) is 0 Å². The summed E-state index contributed by atoms with van der Waals surface area (Å²) >= 11 is 2.42. The number of fused-ring (bicyclic) bond motifs is 1. The Labute approximate surface area is 160 Å². The number of nitrogens with zero attached hydrogens (tertiary/aromatic N) is 2. The van der Waals surface area contributed by atoms with Crippen molar-refractivity contribution in [3.05, 3.63) is 35.0 Å². The van der Waals surface area contributed by atoms with Crippen LogP contribution >= 0.6 is 23.1 Å². The number of β-lactam (4-membered cyclic amide) rings is 1. The van der Waals surface area contributed by atoms with E-state index in [-0.39, 0.29) is 16.5 Å². The van der Waals surface area contributed by atoms with Gasteiger partial charge in [0, 0.05) is 17.2 Å². The first-order chi connectivity index (χ1) is 12.8. The van der Waals surface area contributed by atoms with E-state index in [1.54, 1.807) is 0 Å². The van der Waals surface area contributed by atoms with Gasteiger partial charge in [-0.3, -0.25) is 14.5 Å². The molecule has 0 aliphatic carbocycles.